The van der Waals surface area contributed by atoms with Crippen molar-refractivity contribution in [2.45, 2.75) is 59.6 Å². The second kappa shape index (κ2) is 13.1. The van der Waals surface area contributed by atoms with Gasteiger partial charge in [0.15, 0.2) is 0 Å². The molecule has 1 aliphatic heterocycles. The molecule has 35 heavy (non-hydrogen) atoms. The quantitative estimate of drug-likeness (QED) is 0.472. The number of hydrogen-bond donors (Lipinski definition) is 1. The molecule has 2 atom stereocenters. The van der Waals surface area contributed by atoms with Gasteiger partial charge >= 0.3 is 6.09 Å². The second-order valence-corrected chi connectivity index (χ2v) is 10.7. The number of ether oxygens (including phenoxy) is 3. The average Bonchev–Trinajstić information content (AvgIpc) is 3.17. The van der Waals surface area contributed by atoms with Crippen LogP contribution >= 0.6 is 0 Å². The Hall–Kier alpha value is -2.32. The van der Waals surface area contributed by atoms with E-state index < -0.39 is 5.60 Å². The summed E-state index contributed by atoms with van der Waals surface area (Å²) in [5.74, 6) is 1.08. The number of rotatable bonds is 11. The SMILES string of the molecule is CNC[C@@H]1CN(C(=O)OC(C)(C)C)C[C@H]1CN(C(=O)c1ccc(C)c(OCCCOC)c1)C(C)C. The minimum atomic E-state index is -0.539. The summed E-state index contributed by atoms with van der Waals surface area (Å²) in [5, 5.41) is 3.25. The van der Waals surface area contributed by atoms with Gasteiger partial charge in [0.2, 0.25) is 0 Å². The predicted molar refractivity (Wildman–Crippen MR) is 138 cm³/mol. The highest BCUT2D eigenvalue weighted by molar-refractivity contribution is 5.95. The van der Waals surface area contributed by atoms with Gasteiger partial charge in [0, 0.05) is 51.4 Å². The first-order valence-corrected chi connectivity index (χ1v) is 12.6. The van der Waals surface area contributed by atoms with Gasteiger partial charge in [-0.15, -0.1) is 0 Å². The Morgan fingerprint density at radius 3 is 2.46 bits per heavy atom. The molecule has 0 aromatic heterocycles. The van der Waals surface area contributed by atoms with Crippen molar-refractivity contribution in [3.05, 3.63) is 29.3 Å². The summed E-state index contributed by atoms with van der Waals surface area (Å²) in [6, 6.07) is 5.65. The number of nitrogens with one attached hydrogen (secondary N) is 1. The fraction of sp³-hybridized carbons (Fsp3) is 0.704. The minimum Gasteiger partial charge on any atom is -0.493 e. The minimum absolute atomic E-state index is 0.0145. The summed E-state index contributed by atoms with van der Waals surface area (Å²) < 4.78 is 16.6. The van der Waals surface area contributed by atoms with E-state index >= 15 is 0 Å². The summed E-state index contributed by atoms with van der Waals surface area (Å²) in [4.78, 5) is 30.0. The number of nitrogens with zero attached hydrogens (tertiary/aromatic N) is 2. The monoisotopic (exact) mass is 491 g/mol. The fourth-order valence-electron chi connectivity index (χ4n) is 4.34. The van der Waals surface area contributed by atoms with Gasteiger partial charge in [-0.3, -0.25) is 4.79 Å². The van der Waals surface area contributed by atoms with E-state index in [1.54, 1.807) is 12.0 Å². The van der Waals surface area contributed by atoms with Gasteiger partial charge in [0.05, 0.1) is 6.61 Å². The van der Waals surface area contributed by atoms with Crippen molar-refractivity contribution in [3.63, 3.8) is 0 Å². The standard InChI is InChI=1S/C27H45N3O5/c1-19(2)30(25(31)21-11-10-20(3)24(14-21)34-13-9-12-33-8)18-23-17-29(16-22(23)15-28-7)26(32)35-27(4,5)6/h10-11,14,19,22-23,28H,9,12-13,15-18H2,1-8H3/t22-,23+/m1/s1. The number of hydrogen-bond acceptors (Lipinski definition) is 6. The zero-order valence-corrected chi connectivity index (χ0v) is 22.8. The molecule has 0 saturated carbocycles. The average molecular weight is 492 g/mol. The molecule has 2 amide bonds. The van der Waals surface area contributed by atoms with Crippen LogP contribution in [0.5, 0.6) is 5.75 Å². The van der Waals surface area contributed by atoms with E-state index in [0.717, 1.165) is 24.3 Å². The van der Waals surface area contributed by atoms with E-state index in [9.17, 15) is 9.59 Å². The number of amides is 2. The van der Waals surface area contributed by atoms with Gasteiger partial charge in [-0.25, -0.2) is 4.79 Å². The third-order valence-corrected chi connectivity index (χ3v) is 6.20. The molecular weight excluding hydrogens is 446 g/mol. The molecule has 0 aliphatic carbocycles. The van der Waals surface area contributed by atoms with Gasteiger partial charge < -0.3 is 29.3 Å². The topological polar surface area (TPSA) is 80.3 Å². The molecule has 0 radical (unpaired) electrons. The molecule has 0 spiro atoms. The van der Waals surface area contributed by atoms with Crippen molar-refractivity contribution < 1.29 is 23.8 Å². The maximum Gasteiger partial charge on any atom is 0.410 e. The number of benzene rings is 1. The first-order valence-electron chi connectivity index (χ1n) is 12.6. The summed E-state index contributed by atoms with van der Waals surface area (Å²) in [5.41, 5.74) is 1.06. The summed E-state index contributed by atoms with van der Waals surface area (Å²) >= 11 is 0. The first kappa shape index (κ1) is 28.9. The molecular formula is C27H45N3O5. The Labute approximate surface area is 211 Å². The lowest BCUT2D eigenvalue weighted by atomic mass is 9.94. The smallest absolute Gasteiger partial charge is 0.410 e. The van der Waals surface area contributed by atoms with Gasteiger partial charge in [-0.2, -0.15) is 0 Å². The molecule has 8 nitrogen and oxygen atoms in total. The molecule has 0 bridgehead atoms. The van der Waals surface area contributed by atoms with Crippen LogP contribution in [-0.4, -0.2) is 87.0 Å². The van der Waals surface area contributed by atoms with Gasteiger partial charge in [-0.1, -0.05) is 6.07 Å². The fourth-order valence-corrected chi connectivity index (χ4v) is 4.34. The lowest BCUT2D eigenvalue weighted by Gasteiger charge is -2.31. The van der Waals surface area contributed by atoms with E-state index in [-0.39, 0.29) is 29.9 Å². The van der Waals surface area contributed by atoms with Crippen LogP contribution in [0.15, 0.2) is 18.2 Å². The molecule has 1 aromatic rings. The number of likely N-dealkylation sites (tertiary alicyclic amines) is 1. The molecule has 198 valence electrons. The summed E-state index contributed by atoms with van der Waals surface area (Å²) in [7, 11) is 3.59. The van der Waals surface area contributed by atoms with Crippen molar-refractivity contribution in [1.29, 1.82) is 0 Å². The largest absolute Gasteiger partial charge is 0.493 e. The Kier molecular flexibility index (Phi) is 10.8. The van der Waals surface area contributed by atoms with E-state index in [1.165, 1.54) is 0 Å². The second-order valence-electron chi connectivity index (χ2n) is 10.7. The molecule has 0 unspecified atom stereocenters. The molecule has 1 aromatic carbocycles. The molecule has 1 aliphatic rings. The Bertz CT molecular complexity index is 837. The highest BCUT2D eigenvalue weighted by Gasteiger charge is 2.38. The van der Waals surface area contributed by atoms with Crippen molar-refractivity contribution >= 4 is 12.0 Å². The lowest BCUT2D eigenvalue weighted by molar-refractivity contribution is 0.0282. The maximum absolute atomic E-state index is 13.6. The third-order valence-electron chi connectivity index (χ3n) is 6.20. The van der Waals surface area contributed by atoms with Crippen molar-refractivity contribution in [2.24, 2.45) is 11.8 Å². The Morgan fingerprint density at radius 2 is 1.86 bits per heavy atom. The predicted octanol–water partition coefficient (Wildman–Crippen LogP) is 3.96. The number of carbonyl (C=O) groups is 2. The van der Waals surface area contributed by atoms with E-state index in [1.807, 2.05) is 71.7 Å². The molecule has 2 rings (SSSR count). The maximum atomic E-state index is 13.6. The number of carbonyl (C=O) groups excluding carboxylic acids is 2. The van der Waals surface area contributed by atoms with Gasteiger partial charge in [0.1, 0.15) is 11.4 Å². The third kappa shape index (κ3) is 8.69. The van der Waals surface area contributed by atoms with E-state index in [0.29, 0.717) is 38.4 Å². The Balaban J connectivity index is 2.16. The van der Waals surface area contributed by atoms with Crippen molar-refractivity contribution in [3.8, 4) is 5.75 Å². The van der Waals surface area contributed by atoms with Crippen LogP contribution in [0.3, 0.4) is 0 Å². The van der Waals surface area contributed by atoms with Crippen molar-refractivity contribution in [1.82, 2.24) is 15.1 Å². The van der Waals surface area contributed by atoms with Crippen LogP contribution in [0.4, 0.5) is 4.79 Å². The van der Waals surface area contributed by atoms with Gasteiger partial charge in [-0.05, 0) is 84.7 Å². The van der Waals surface area contributed by atoms with Gasteiger partial charge in [0.25, 0.3) is 5.91 Å². The molecule has 1 saturated heterocycles. The Morgan fingerprint density at radius 1 is 1.17 bits per heavy atom. The highest BCUT2D eigenvalue weighted by Crippen LogP contribution is 2.28. The van der Waals surface area contributed by atoms with E-state index in [2.05, 4.69) is 5.32 Å². The first-order chi connectivity index (χ1) is 16.5. The normalized spacial score (nSPS) is 18.1. The molecule has 1 N–H and O–H groups in total. The van der Waals surface area contributed by atoms with Crippen LogP contribution in [-0.2, 0) is 9.47 Å². The van der Waals surface area contributed by atoms with Crippen LogP contribution in [0.1, 0.15) is 57.0 Å². The highest BCUT2D eigenvalue weighted by atomic mass is 16.6. The van der Waals surface area contributed by atoms with Crippen LogP contribution in [0.2, 0.25) is 0 Å². The molecule has 1 heterocycles. The van der Waals surface area contributed by atoms with E-state index in [4.69, 9.17) is 14.2 Å². The summed E-state index contributed by atoms with van der Waals surface area (Å²) in [6.07, 6.45) is 0.492. The van der Waals surface area contributed by atoms with Crippen LogP contribution in [0, 0.1) is 18.8 Å². The zero-order valence-electron chi connectivity index (χ0n) is 22.8. The molecule has 1 fully saturated rings. The lowest BCUT2D eigenvalue weighted by Crippen LogP contribution is -2.43. The number of methoxy groups -OCH3 is 1. The van der Waals surface area contributed by atoms with Crippen LogP contribution < -0.4 is 10.1 Å². The zero-order chi connectivity index (χ0) is 26.2. The van der Waals surface area contributed by atoms with Crippen LogP contribution in [0.25, 0.3) is 0 Å². The summed E-state index contributed by atoms with van der Waals surface area (Å²) in [6.45, 7) is 15.4. The number of aryl methyl sites for hydroxylation is 1. The molecule has 8 heteroatoms. The van der Waals surface area contributed by atoms with Crippen molar-refractivity contribution in [2.75, 3.05) is 53.6 Å².